The van der Waals surface area contributed by atoms with Crippen LogP contribution in [0.15, 0.2) is 28.9 Å². The van der Waals surface area contributed by atoms with Gasteiger partial charge in [-0.3, -0.25) is 4.68 Å². The van der Waals surface area contributed by atoms with Gasteiger partial charge in [-0.1, -0.05) is 13.8 Å². The van der Waals surface area contributed by atoms with Crippen molar-refractivity contribution >= 4 is 16.7 Å². The van der Waals surface area contributed by atoms with Gasteiger partial charge < -0.3 is 14.5 Å². The lowest BCUT2D eigenvalue weighted by atomic mass is 10.0. The summed E-state index contributed by atoms with van der Waals surface area (Å²) >= 11 is 0. The first kappa shape index (κ1) is 19.8. The van der Waals surface area contributed by atoms with Crippen molar-refractivity contribution in [2.24, 2.45) is 7.05 Å². The van der Waals surface area contributed by atoms with E-state index < -0.39 is 0 Å². The highest BCUT2D eigenvalue weighted by Gasteiger charge is 2.22. The second-order valence-corrected chi connectivity index (χ2v) is 7.27. The molecule has 0 fully saturated rings. The number of ether oxygens (including phenoxy) is 1. The highest BCUT2D eigenvalue weighted by atomic mass is 16.5. The lowest BCUT2D eigenvalue weighted by Gasteiger charge is -2.16. The summed E-state index contributed by atoms with van der Waals surface area (Å²) in [4.78, 5) is 9.12. The van der Waals surface area contributed by atoms with Crippen molar-refractivity contribution in [2.45, 2.75) is 40.2 Å². The molecule has 0 spiro atoms. The molecule has 0 aliphatic carbocycles. The van der Waals surface area contributed by atoms with Gasteiger partial charge in [0.15, 0.2) is 5.65 Å². The maximum absolute atomic E-state index is 5.78. The molecule has 0 bridgehead atoms. The van der Waals surface area contributed by atoms with Crippen molar-refractivity contribution in [1.29, 1.82) is 0 Å². The van der Waals surface area contributed by atoms with E-state index in [1.807, 2.05) is 37.0 Å². The molecule has 0 aliphatic rings. The summed E-state index contributed by atoms with van der Waals surface area (Å²) in [6.45, 7) is 8.85. The molecule has 4 heterocycles. The van der Waals surface area contributed by atoms with Gasteiger partial charge in [-0.05, 0) is 25.0 Å². The van der Waals surface area contributed by atoms with Gasteiger partial charge in [0.05, 0.1) is 29.9 Å². The number of nitrogens with zero attached hydrogens (tertiary/aromatic N) is 6. The van der Waals surface area contributed by atoms with E-state index in [0.717, 1.165) is 33.5 Å². The predicted octanol–water partition coefficient (Wildman–Crippen LogP) is 3.86. The van der Waals surface area contributed by atoms with Gasteiger partial charge in [0, 0.05) is 37.5 Å². The minimum absolute atomic E-state index is 0.220. The third kappa shape index (κ3) is 3.58. The van der Waals surface area contributed by atoms with E-state index in [0.29, 0.717) is 30.8 Å². The fourth-order valence-corrected chi connectivity index (χ4v) is 3.46. The van der Waals surface area contributed by atoms with Crippen LogP contribution in [0.2, 0.25) is 0 Å². The molecule has 4 aromatic heterocycles. The van der Waals surface area contributed by atoms with Crippen molar-refractivity contribution in [3.05, 3.63) is 42.0 Å². The van der Waals surface area contributed by atoms with Gasteiger partial charge in [-0.15, -0.1) is 10.2 Å². The summed E-state index contributed by atoms with van der Waals surface area (Å²) in [6.07, 6.45) is 3.55. The lowest BCUT2D eigenvalue weighted by molar-refractivity contribution is 0.328. The molecule has 156 valence electrons. The molecule has 0 radical (unpaired) electrons. The van der Waals surface area contributed by atoms with E-state index >= 15 is 0 Å². The largest absolute Gasteiger partial charge is 0.478 e. The third-order valence-electron chi connectivity index (χ3n) is 4.75. The average molecular weight is 407 g/mol. The Balaban J connectivity index is 1.92. The topological polar surface area (TPSA) is 104 Å². The summed E-state index contributed by atoms with van der Waals surface area (Å²) < 4.78 is 13.1. The minimum atomic E-state index is 0.220. The van der Waals surface area contributed by atoms with Crippen LogP contribution >= 0.6 is 0 Å². The fourth-order valence-electron chi connectivity index (χ4n) is 3.46. The Hall–Kier alpha value is -3.49. The first-order valence-corrected chi connectivity index (χ1v) is 9.96. The Morgan fingerprint density at radius 3 is 2.73 bits per heavy atom. The van der Waals surface area contributed by atoms with Crippen LogP contribution in [0.4, 0.5) is 5.69 Å². The van der Waals surface area contributed by atoms with Gasteiger partial charge in [0.1, 0.15) is 0 Å². The molecular weight excluding hydrogens is 382 g/mol. The van der Waals surface area contributed by atoms with E-state index in [-0.39, 0.29) is 5.92 Å². The standard InChI is InChI=1S/C21H25N7O2/c1-6-29-21-14(8-7-9-22-21)15-10-24-20-17(18(12(2)3)27-28(20)5)19(15)23-11-16-26-25-13(4)30-16/h7-10,12H,6,11H2,1-5H3,(H,23,24). The maximum Gasteiger partial charge on any atom is 0.235 e. The van der Waals surface area contributed by atoms with Gasteiger partial charge >= 0.3 is 0 Å². The van der Waals surface area contributed by atoms with Crippen LogP contribution in [0.25, 0.3) is 22.2 Å². The third-order valence-corrected chi connectivity index (χ3v) is 4.75. The molecule has 0 atom stereocenters. The molecule has 30 heavy (non-hydrogen) atoms. The number of hydrogen-bond donors (Lipinski definition) is 1. The zero-order valence-electron chi connectivity index (χ0n) is 17.8. The van der Waals surface area contributed by atoms with E-state index in [1.54, 1.807) is 13.1 Å². The first-order valence-electron chi connectivity index (χ1n) is 9.96. The first-order chi connectivity index (χ1) is 14.5. The van der Waals surface area contributed by atoms with Gasteiger partial charge in [-0.2, -0.15) is 5.10 Å². The summed E-state index contributed by atoms with van der Waals surface area (Å²) in [7, 11) is 1.90. The smallest absolute Gasteiger partial charge is 0.235 e. The fraction of sp³-hybridized carbons (Fsp3) is 0.381. The zero-order valence-corrected chi connectivity index (χ0v) is 17.8. The summed E-state index contributed by atoms with van der Waals surface area (Å²) in [5.41, 5.74) is 4.39. The number of fused-ring (bicyclic) bond motifs is 1. The number of rotatable bonds is 7. The van der Waals surface area contributed by atoms with Gasteiger partial charge in [-0.25, -0.2) is 9.97 Å². The van der Waals surface area contributed by atoms with Crippen LogP contribution in [-0.2, 0) is 13.6 Å². The van der Waals surface area contributed by atoms with Crippen LogP contribution in [0.1, 0.15) is 44.2 Å². The van der Waals surface area contributed by atoms with Crippen molar-refractivity contribution in [3.63, 3.8) is 0 Å². The number of nitrogens with one attached hydrogen (secondary N) is 1. The molecule has 0 saturated heterocycles. The second kappa shape index (κ2) is 8.10. The Labute approximate surface area is 174 Å². The molecule has 0 aliphatic heterocycles. The lowest BCUT2D eigenvalue weighted by Crippen LogP contribution is -2.05. The molecular formula is C21H25N7O2. The number of aromatic nitrogens is 6. The molecule has 4 aromatic rings. The van der Waals surface area contributed by atoms with Crippen molar-refractivity contribution in [2.75, 3.05) is 11.9 Å². The molecule has 0 saturated carbocycles. The van der Waals surface area contributed by atoms with Gasteiger partial charge in [0.25, 0.3) is 0 Å². The molecule has 9 heteroatoms. The Morgan fingerprint density at radius 1 is 1.20 bits per heavy atom. The average Bonchev–Trinajstić information content (AvgIpc) is 3.30. The number of hydrogen-bond acceptors (Lipinski definition) is 8. The molecule has 1 N–H and O–H groups in total. The monoisotopic (exact) mass is 407 g/mol. The highest BCUT2D eigenvalue weighted by Crippen LogP contribution is 2.40. The van der Waals surface area contributed by atoms with Crippen molar-refractivity contribution < 1.29 is 9.15 Å². The van der Waals surface area contributed by atoms with Crippen LogP contribution in [-0.4, -0.2) is 36.6 Å². The highest BCUT2D eigenvalue weighted by molar-refractivity contribution is 6.00. The SMILES string of the molecule is CCOc1ncccc1-c1cnc2c(c(C(C)C)nn2C)c1NCc1nnc(C)o1. The number of anilines is 1. The van der Waals surface area contributed by atoms with Crippen LogP contribution < -0.4 is 10.1 Å². The molecule has 4 rings (SSSR count). The quantitative estimate of drug-likeness (QED) is 0.493. The second-order valence-electron chi connectivity index (χ2n) is 7.27. The zero-order chi connectivity index (χ0) is 21.3. The minimum Gasteiger partial charge on any atom is -0.478 e. The van der Waals surface area contributed by atoms with E-state index in [9.17, 15) is 0 Å². The summed E-state index contributed by atoms with van der Waals surface area (Å²) in [5.74, 6) is 1.82. The van der Waals surface area contributed by atoms with Crippen LogP contribution in [0, 0.1) is 6.92 Å². The Morgan fingerprint density at radius 2 is 2.03 bits per heavy atom. The number of pyridine rings is 2. The van der Waals surface area contributed by atoms with E-state index in [1.165, 1.54) is 0 Å². The van der Waals surface area contributed by atoms with Crippen molar-refractivity contribution in [1.82, 2.24) is 29.9 Å². The van der Waals surface area contributed by atoms with Crippen LogP contribution in [0.3, 0.4) is 0 Å². The molecule has 0 amide bonds. The van der Waals surface area contributed by atoms with Crippen LogP contribution in [0.5, 0.6) is 5.88 Å². The molecule has 9 nitrogen and oxygen atoms in total. The summed E-state index contributed by atoms with van der Waals surface area (Å²) in [6, 6.07) is 3.87. The number of aryl methyl sites for hydroxylation is 2. The molecule has 0 unspecified atom stereocenters. The predicted molar refractivity (Wildman–Crippen MR) is 113 cm³/mol. The normalized spacial score (nSPS) is 11.4. The molecule has 0 aromatic carbocycles. The van der Waals surface area contributed by atoms with Gasteiger partial charge in [0.2, 0.25) is 17.7 Å². The van der Waals surface area contributed by atoms with E-state index in [2.05, 4.69) is 34.3 Å². The Bertz CT molecular complexity index is 1180. The maximum atomic E-state index is 5.78. The van der Waals surface area contributed by atoms with E-state index in [4.69, 9.17) is 19.2 Å². The van der Waals surface area contributed by atoms with Crippen molar-refractivity contribution in [3.8, 4) is 17.0 Å². The Kier molecular flexibility index (Phi) is 5.35. The summed E-state index contributed by atoms with van der Waals surface area (Å²) in [5, 5.41) is 17.2.